The van der Waals surface area contributed by atoms with Gasteiger partial charge in [-0.15, -0.1) is 0 Å². The Balaban J connectivity index is 2.11. The molecule has 0 aliphatic carbocycles. The quantitative estimate of drug-likeness (QED) is 0.883. The second kappa shape index (κ2) is 5.79. The largest absolute Gasteiger partial charge is 0.497 e. The third kappa shape index (κ3) is 2.92. The summed E-state index contributed by atoms with van der Waals surface area (Å²) in [6.07, 6.45) is -4.32. The van der Waals surface area contributed by atoms with Crippen LogP contribution in [0.15, 0.2) is 47.6 Å². The van der Waals surface area contributed by atoms with Crippen LogP contribution in [-0.4, -0.2) is 34.8 Å². The summed E-state index contributed by atoms with van der Waals surface area (Å²) in [4.78, 5) is 8.11. The molecule has 2 heterocycles. The van der Waals surface area contributed by atoms with Crippen molar-refractivity contribution in [3.05, 3.63) is 48.2 Å². The normalized spacial score (nSPS) is 20.5. The molecule has 2 aromatic rings. The molecule has 1 aliphatic heterocycles. The van der Waals surface area contributed by atoms with Gasteiger partial charge in [-0.05, 0) is 42.0 Å². The molecule has 1 aromatic heterocycles. The van der Waals surface area contributed by atoms with E-state index in [1.165, 1.54) is 19.4 Å². The molecular formula is C16H14F3N3O2. The van der Waals surface area contributed by atoms with Gasteiger partial charge in [-0.3, -0.25) is 0 Å². The van der Waals surface area contributed by atoms with Gasteiger partial charge in [0.25, 0.3) is 0 Å². The van der Waals surface area contributed by atoms with Gasteiger partial charge in [-0.1, -0.05) is 0 Å². The maximum atomic E-state index is 13.4. The second-order valence-electron chi connectivity index (χ2n) is 5.32. The molecule has 0 saturated carbocycles. The molecule has 0 fully saturated rings. The van der Waals surface area contributed by atoms with Crippen LogP contribution in [0.4, 0.5) is 24.7 Å². The number of anilines is 1. The maximum Gasteiger partial charge on any atom is 0.436 e. The molecule has 2 N–H and O–H groups in total. The molecule has 1 atom stereocenters. The Labute approximate surface area is 135 Å². The topological polar surface area (TPSA) is 66.7 Å². The number of halogens is 3. The smallest absolute Gasteiger partial charge is 0.436 e. The summed E-state index contributed by atoms with van der Waals surface area (Å²) in [5.41, 5.74) is -2.39. The van der Waals surface area contributed by atoms with Crippen LogP contribution in [0.3, 0.4) is 0 Å². The van der Waals surface area contributed by atoms with E-state index in [-0.39, 0.29) is 17.2 Å². The molecule has 1 aliphatic rings. The van der Waals surface area contributed by atoms with Gasteiger partial charge in [0.05, 0.1) is 12.8 Å². The number of rotatable bonds is 2. The van der Waals surface area contributed by atoms with Gasteiger partial charge >= 0.3 is 6.18 Å². The lowest BCUT2D eigenvalue weighted by molar-refractivity contribution is -0.245. The van der Waals surface area contributed by atoms with Crippen LogP contribution >= 0.6 is 0 Å². The molecule has 1 unspecified atom stereocenters. The highest BCUT2D eigenvalue weighted by Crippen LogP contribution is 2.39. The fourth-order valence-corrected chi connectivity index (χ4v) is 2.37. The minimum atomic E-state index is -4.90. The molecule has 8 heteroatoms. The van der Waals surface area contributed by atoms with E-state index in [0.29, 0.717) is 11.3 Å². The maximum absolute atomic E-state index is 13.4. The first-order chi connectivity index (χ1) is 11.3. The fourth-order valence-electron chi connectivity index (χ4n) is 2.37. The van der Waals surface area contributed by atoms with Gasteiger partial charge in [-0.25, -0.2) is 9.98 Å². The molecule has 0 radical (unpaired) electrons. The van der Waals surface area contributed by atoms with Crippen LogP contribution in [-0.2, 0) is 0 Å². The van der Waals surface area contributed by atoms with Crippen molar-refractivity contribution in [3.63, 3.8) is 0 Å². The summed E-state index contributed by atoms with van der Waals surface area (Å²) in [7, 11) is 1.49. The van der Waals surface area contributed by atoms with E-state index in [4.69, 9.17) is 4.74 Å². The molecule has 1 aromatic carbocycles. The molecule has 0 saturated heterocycles. The number of pyridine rings is 1. The fraction of sp³-hybridized carbons (Fsp3) is 0.250. The molecule has 0 bridgehead atoms. The Morgan fingerprint density at radius 3 is 2.54 bits per heavy atom. The summed E-state index contributed by atoms with van der Waals surface area (Å²) in [6.45, 7) is 0. The second-order valence-corrected chi connectivity index (χ2v) is 5.32. The Kier molecular flexibility index (Phi) is 3.92. The van der Waals surface area contributed by atoms with Crippen molar-refractivity contribution in [2.45, 2.75) is 18.3 Å². The zero-order chi connectivity index (χ0) is 17.4. The number of hydrogen-bond donors (Lipinski definition) is 2. The van der Waals surface area contributed by atoms with Gasteiger partial charge < -0.3 is 15.2 Å². The number of methoxy groups -OCH3 is 1. The van der Waals surface area contributed by atoms with E-state index >= 15 is 0 Å². The Morgan fingerprint density at radius 1 is 1.21 bits per heavy atom. The highest BCUT2D eigenvalue weighted by Gasteiger charge is 2.55. The number of nitrogens with one attached hydrogen (secondary N) is 1. The van der Waals surface area contributed by atoms with Crippen molar-refractivity contribution < 1.29 is 23.0 Å². The number of ether oxygens (including phenoxy) is 1. The third-order valence-electron chi connectivity index (χ3n) is 3.68. The summed E-state index contributed by atoms with van der Waals surface area (Å²) >= 11 is 0. The van der Waals surface area contributed by atoms with Crippen LogP contribution in [0, 0.1) is 0 Å². The minimum absolute atomic E-state index is 0.0942. The third-order valence-corrected chi connectivity index (χ3v) is 3.68. The first-order valence-electron chi connectivity index (χ1n) is 7.07. The zero-order valence-electron chi connectivity index (χ0n) is 12.6. The van der Waals surface area contributed by atoms with Crippen molar-refractivity contribution in [1.29, 1.82) is 0 Å². The minimum Gasteiger partial charge on any atom is -0.497 e. The Hall–Kier alpha value is -2.61. The predicted octanol–water partition coefficient (Wildman–Crippen LogP) is 3.28. The van der Waals surface area contributed by atoms with Gasteiger partial charge in [0.15, 0.2) is 5.82 Å². The lowest BCUT2D eigenvalue weighted by Crippen LogP contribution is -2.53. The van der Waals surface area contributed by atoms with Crippen LogP contribution in [0.5, 0.6) is 5.75 Å². The van der Waals surface area contributed by atoms with Crippen LogP contribution in [0.1, 0.15) is 12.0 Å². The number of aromatic nitrogens is 1. The van der Waals surface area contributed by atoms with E-state index in [0.717, 1.165) is 0 Å². The number of fused-ring (bicyclic) bond motifs is 1. The number of aliphatic imine (C=N–C) groups is 1. The number of alkyl halides is 3. The summed E-state index contributed by atoms with van der Waals surface area (Å²) < 4.78 is 45.2. The average Bonchev–Trinajstić information content (AvgIpc) is 2.71. The highest BCUT2D eigenvalue weighted by molar-refractivity contribution is 6.04. The number of aliphatic hydroxyl groups is 1. The van der Waals surface area contributed by atoms with Crippen molar-refractivity contribution in [1.82, 2.24) is 4.98 Å². The van der Waals surface area contributed by atoms with Gasteiger partial charge in [-0.2, -0.15) is 13.2 Å². The van der Waals surface area contributed by atoms with Crippen LogP contribution in [0.25, 0.3) is 0 Å². The molecule has 126 valence electrons. The van der Waals surface area contributed by atoms with Crippen molar-refractivity contribution >= 4 is 17.2 Å². The summed E-state index contributed by atoms with van der Waals surface area (Å²) in [5, 5.41) is 12.3. The standard InChI is InChI=1S/C16H14F3N3O2/c1-24-11-6-4-10(5-7-11)13-9-15(23,16(17,18)19)22-14-12(21-13)3-2-8-20-14/h2-8,23H,9H2,1H3,(H,20,22). The molecular weight excluding hydrogens is 323 g/mol. The SMILES string of the molecule is COc1ccc(C2=Nc3cccnc3NC(O)(C(F)(F)F)C2)cc1. The zero-order valence-corrected chi connectivity index (χ0v) is 12.6. The van der Waals surface area contributed by atoms with Crippen molar-refractivity contribution in [2.24, 2.45) is 4.99 Å². The van der Waals surface area contributed by atoms with E-state index in [1.807, 2.05) is 0 Å². The summed E-state index contributed by atoms with van der Waals surface area (Å²) in [6, 6.07) is 9.51. The van der Waals surface area contributed by atoms with Crippen molar-refractivity contribution in [2.75, 3.05) is 12.4 Å². The van der Waals surface area contributed by atoms with E-state index < -0.39 is 18.3 Å². The lowest BCUT2D eigenvalue weighted by Gasteiger charge is -2.30. The first kappa shape index (κ1) is 16.3. The predicted molar refractivity (Wildman–Crippen MR) is 82.7 cm³/mol. The van der Waals surface area contributed by atoms with Gasteiger partial charge in [0.1, 0.15) is 11.4 Å². The van der Waals surface area contributed by atoms with E-state index in [1.54, 1.807) is 30.3 Å². The van der Waals surface area contributed by atoms with Crippen LogP contribution < -0.4 is 10.1 Å². The first-order valence-corrected chi connectivity index (χ1v) is 7.07. The number of benzene rings is 1. The van der Waals surface area contributed by atoms with Crippen molar-refractivity contribution in [3.8, 4) is 5.75 Å². The lowest BCUT2D eigenvalue weighted by atomic mass is 9.99. The molecule has 0 spiro atoms. The molecule has 3 rings (SSSR count). The average molecular weight is 337 g/mol. The van der Waals surface area contributed by atoms with Gasteiger partial charge in [0.2, 0.25) is 5.72 Å². The van der Waals surface area contributed by atoms with Crippen LogP contribution in [0.2, 0.25) is 0 Å². The monoisotopic (exact) mass is 337 g/mol. The summed E-state index contributed by atoms with van der Waals surface area (Å²) in [5.74, 6) is 0.445. The van der Waals surface area contributed by atoms with E-state index in [2.05, 4.69) is 15.3 Å². The Bertz CT molecular complexity index is 775. The Morgan fingerprint density at radius 2 is 1.92 bits per heavy atom. The number of nitrogens with zero attached hydrogens (tertiary/aromatic N) is 2. The molecule has 5 nitrogen and oxygen atoms in total. The number of hydrogen-bond acceptors (Lipinski definition) is 5. The van der Waals surface area contributed by atoms with Gasteiger partial charge in [0, 0.05) is 12.6 Å². The molecule has 24 heavy (non-hydrogen) atoms. The highest BCUT2D eigenvalue weighted by atomic mass is 19.4. The van der Waals surface area contributed by atoms with E-state index in [9.17, 15) is 18.3 Å². The molecule has 0 amide bonds.